The van der Waals surface area contributed by atoms with Crippen LogP contribution in [0.5, 0.6) is 0 Å². The zero-order chi connectivity index (χ0) is 17.6. The third-order valence-electron chi connectivity index (χ3n) is 4.03. The molecule has 0 aliphatic carbocycles. The van der Waals surface area contributed by atoms with Gasteiger partial charge in [-0.2, -0.15) is 5.26 Å². The van der Waals surface area contributed by atoms with E-state index in [0.717, 1.165) is 36.3 Å². The first kappa shape index (κ1) is 17.3. The van der Waals surface area contributed by atoms with Crippen LogP contribution in [0, 0.1) is 11.3 Å². The predicted molar refractivity (Wildman–Crippen MR) is 101 cm³/mol. The molecule has 1 aliphatic heterocycles. The van der Waals surface area contributed by atoms with Gasteiger partial charge in [0.2, 0.25) is 0 Å². The van der Waals surface area contributed by atoms with Gasteiger partial charge in [0, 0.05) is 35.4 Å². The summed E-state index contributed by atoms with van der Waals surface area (Å²) in [7, 11) is 0. The summed E-state index contributed by atoms with van der Waals surface area (Å²) in [6.45, 7) is 1.96. The Hall–Kier alpha value is -2.52. The number of carbonyl (C=O) groups excluding carboxylic acids is 1. The first-order chi connectivity index (χ1) is 12.2. The van der Waals surface area contributed by atoms with Gasteiger partial charge in [-0.25, -0.2) is 0 Å². The minimum Gasteiger partial charge on any atom is -0.441 e. The van der Waals surface area contributed by atoms with Crippen molar-refractivity contribution in [2.75, 3.05) is 23.3 Å². The van der Waals surface area contributed by atoms with E-state index >= 15 is 0 Å². The normalized spacial score (nSPS) is 14.9. The minimum atomic E-state index is -0.458. The van der Waals surface area contributed by atoms with Crippen LogP contribution in [-0.2, 0) is 4.79 Å². The zero-order valence-corrected chi connectivity index (χ0v) is 15.3. The van der Waals surface area contributed by atoms with E-state index in [4.69, 9.17) is 4.42 Å². The van der Waals surface area contributed by atoms with E-state index in [0.29, 0.717) is 11.4 Å². The van der Waals surface area contributed by atoms with Crippen molar-refractivity contribution in [1.29, 1.82) is 5.26 Å². The lowest BCUT2D eigenvalue weighted by atomic mass is 10.1. The molecule has 1 aromatic carbocycles. The number of nitriles is 1. The minimum absolute atomic E-state index is 0.00228. The number of benzene rings is 1. The van der Waals surface area contributed by atoms with E-state index in [1.54, 1.807) is 18.2 Å². The van der Waals surface area contributed by atoms with Gasteiger partial charge in [-0.3, -0.25) is 4.79 Å². The lowest BCUT2D eigenvalue weighted by molar-refractivity contribution is -0.112. The molecule has 5 nitrogen and oxygen atoms in total. The molecule has 2 heterocycles. The molecule has 0 atom stereocenters. The van der Waals surface area contributed by atoms with Crippen molar-refractivity contribution < 1.29 is 9.21 Å². The van der Waals surface area contributed by atoms with Crippen LogP contribution in [0.15, 0.2) is 50.9 Å². The van der Waals surface area contributed by atoms with Crippen LogP contribution in [-0.4, -0.2) is 19.0 Å². The highest BCUT2D eigenvalue weighted by Crippen LogP contribution is 2.24. The molecule has 1 aliphatic rings. The Balaban J connectivity index is 1.71. The SMILES string of the molecule is N#C/C(=C\c1ccc(N2CCCCC2)o1)C(=O)Nc1ccc(Br)cc1. The van der Waals surface area contributed by atoms with Crippen molar-refractivity contribution in [1.82, 2.24) is 0 Å². The number of piperidine rings is 1. The number of carbonyl (C=O) groups is 1. The second-order valence-corrected chi connectivity index (χ2v) is 6.77. The van der Waals surface area contributed by atoms with Crippen molar-refractivity contribution in [2.45, 2.75) is 19.3 Å². The summed E-state index contributed by atoms with van der Waals surface area (Å²) in [5.74, 6) is 0.834. The van der Waals surface area contributed by atoms with Crippen LogP contribution >= 0.6 is 15.9 Å². The summed E-state index contributed by atoms with van der Waals surface area (Å²) in [5, 5.41) is 12.0. The van der Waals surface area contributed by atoms with E-state index in [1.165, 1.54) is 12.5 Å². The molecule has 25 heavy (non-hydrogen) atoms. The van der Waals surface area contributed by atoms with Crippen LogP contribution in [0.3, 0.4) is 0 Å². The van der Waals surface area contributed by atoms with Gasteiger partial charge in [0.15, 0.2) is 5.88 Å². The summed E-state index contributed by atoms with van der Waals surface area (Å²) < 4.78 is 6.70. The number of furan rings is 1. The van der Waals surface area contributed by atoms with Crippen molar-refractivity contribution in [3.63, 3.8) is 0 Å². The predicted octanol–water partition coefficient (Wildman–Crippen LogP) is 4.58. The molecule has 0 unspecified atom stereocenters. The van der Waals surface area contributed by atoms with Crippen molar-refractivity contribution in [3.05, 3.63) is 52.2 Å². The van der Waals surface area contributed by atoms with Gasteiger partial charge in [0.1, 0.15) is 17.4 Å². The van der Waals surface area contributed by atoms with E-state index in [2.05, 4.69) is 26.1 Å². The Morgan fingerprint density at radius 2 is 1.88 bits per heavy atom. The fraction of sp³-hybridized carbons (Fsp3) is 0.263. The third kappa shape index (κ3) is 4.52. The molecule has 1 amide bonds. The van der Waals surface area contributed by atoms with Crippen LogP contribution in [0.4, 0.5) is 11.6 Å². The molecule has 1 aromatic heterocycles. The number of amides is 1. The summed E-state index contributed by atoms with van der Waals surface area (Å²) >= 11 is 3.34. The maximum absolute atomic E-state index is 12.3. The standard InChI is InChI=1S/C19H18BrN3O2/c20-15-4-6-16(7-5-15)22-19(24)14(13-21)12-17-8-9-18(25-17)23-10-2-1-3-11-23/h4-9,12H,1-3,10-11H2,(H,22,24)/b14-12+. The zero-order valence-electron chi connectivity index (χ0n) is 13.7. The second-order valence-electron chi connectivity index (χ2n) is 5.85. The van der Waals surface area contributed by atoms with Gasteiger partial charge in [0.05, 0.1) is 0 Å². The molecule has 128 valence electrons. The van der Waals surface area contributed by atoms with Gasteiger partial charge in [-0.1, -0.05) is 15.9 Å². The Morgan fingerprint density at radius 1 is 1.16 bits per heavy atom. The first-order valence-corrected chi connectivity index (χ1v) is 8.98. The van der Waals surface area contributed by atoms with Crippen molar-refractivity contribution >= 4 is 39.5 Å². The summed E-state index contributed by atoms with van der Waals surface area (Å²) in [4.78, 5) is 14.5. The highest BCUT2D eigenvalue weighted by atomic mass is 79.9. The molecule has 1 saturated heterocycles. The third-order valence-corrected chi connectivity index (χ3v) is 4.56. The number of anilines is 2. The fourth-order valence-electron chi connectivity index (χ4n) is 2.73. The Bertz CT molecular complexity index is 812. The summed E-state index contributed by atoms with van der Waals surface area (Å²) in [6.07, 6.45) is 5.04. The van der Waals surface area contributed by atoms with E-state index < -0.39 is 5.91 Å². The second kappa shape index (κ2) is 8.04. The van der Waals surface area contributed by atoms with Gasteiger partial charge < -0.3 is 14.6 Å². The smallest absolute Gasteiger partial charge is 0.266 e. The molecule has 3 rings (SSSR count). The quantitative estimate of drug-likeness (QED) is 0.603. The highest BCUT2D eigenvalue weighted by molar-refractivity contribution is 9.10. The van der Waals surface area contributed by atoms with Crippen LogP contribution in [0.25, 0.3) is 6.08 Å². The van der Waals surface area contributed by atoms with Gasteiger partial charge >= 0.3 is 0 Å². The van der Waals surface area contributed by atoms with E-state index in [-0.39, 0.29) is 5.57 Å². The number of hydrogen-bond donors (Lipinski definition) is 1. The Morgan fingerprint density at radius 3 is 2.56 bits per heavy atom. The summed E-state index contributed by atoms with van der Waals surface area (Å²) in [6, 6.07) is 12.8. The molecule has 1 N–H and O–H groups in total. The van der Waals surface area contributed by atoms with Gasteiger partial charge in [-0.05, 0) is 49.6 Å². The molecule has 2 aromatic rings. The number of nitrogens with one attached hydrogen (secondary N) is 1. The fourth-order valence-corrected chi connectivity index (χ4v) is 2.99. The average molecular weight is 400 g/mol. The monoisotopic (exact) mass is 399 g/mol. The number of hydrogen-bond acceptors (Lipinski definition) is 4. The van der Waals surface area contributed by atoms with Crippen molar-refractivity contribution in [3.8, 4) is 6.07 Å². The lowest BCUT2D eigenvalue weighted by Gasteiger charge is -2.25. The first-order valence-electron chi connectivity index (χ1n) is 8.19. The molecule has 0 saturated carbocycles. The average Bonchev–Trinajstić information content (AvgIpc) is 3.11. The Kier molecular flexibility index (Phi) is 5.56. The number of halogens is 1. The topological polar surface area (TPSA) is 69.3 Å². The number of nitrogens with zero attached hydrogens (tertiary/aromatic N) is 2. The number of rotatable bonds is 4. The maximum atomic E-state index is 12.3. The molecule has 1 fully saturated rings. The highest BCUT2D eigenvalue weighted by Gasteiger charge is 2.15. The molecular formula is C19H18BrN3O2. The van der Waals surface area contributed by atoms with Crippen LogP contribution in [0.2, 0.25) is 0 Å². The van der Waals surface area contributed by atoms with Crippen LogP contribution in [0.1, 0.15) is 25.0 Å². The van der Waals surface area contributed by atoms with E-state index in [1.807, 2.05) is 24.3 Å². The van der Waals surface area contributed by atoms with E-state index in [9.17, 15) is 10.1 Å². The molecule has 0 radical (unpaired) electrons. The Labute approximate surface area is 155 Å². The molecule has 0 spiro atoms. The summed E-state index contributed by atoms with van der Waals surface area (Å²) in [5.41, 5.74) is 0.630. The maximum Gasteiger partial charge on any atom is 0.266 e. The molecule has 6 heteroatoms. The lowest BCUT2D eigenvalue weighted by Crippen LogP contribution is -2.28. The molecule has 0 bridgehead atoms. The largest absolute Gasteiger partial charge is 0.441 e. The molecular weight excluding hydrogens is 382 g/mol. The van der Waals surface area contributed by atoms with Crippen molar-refractivity contribution in [2.24, 2.45) is 0 Å². The van der Waals surface area contributed by atoms with Gasteiger partial charge in [0.25, 0.3) is 5.91 Å². The van der Waals surface area contributed by atoms with Crippen LogP contribution < -0.4 is 10.2 Å². The van der Waals surface area contributed by atoms with Gasteiger partial charge in [-0.15, -0.1) is 0 Å².